The van der Waals surface area contributed by atoms with Gasteiger partial charge in [-0.15, -0.1) is 11.8 Å². The van der Waals surface area contributed by atoms with E-state index in [4.69, 9.17) is 23.8 Å². The third kappa shape index (κ3) is 4.22. The van der Waals surface area contributed by atoms with Gasteiger partial charge in [0.25, 0.3) is 0 Å². The van der Waals surface area contributed by atoms with E-state index in [1.54, 1.807) is 11.8 Å². The van der Waals surface area contributed by atoms with Crippen LogP contribution in [0.5, 0.6) is 0 Å². The molecule has 0 fully saturated rings. The first-order valence-corrected chi connectivity index (χ1v) is 11.3. The lowest BCUT2D eigenvalue weighted by atomic mass is 9.78. The van der Waals surface area contributed by atoms with Gasteiger partial charge in [-0.1, -0.05) is 68.8 Å². The number of benzene rings is 1. The molecule has 1 heterocycles. The summed E-state index contributed by atoms with van der Waals surface area (Å²) >= 11 is 15.1. The van der Waals surface area contributed by atoms with Crippen LogP contribution in [0.2, 0.25) is 5.02 Å². The Kier molecular flexibility index (Phi) is 6.22. The van der Waals surface area contributed by atoms with Crippen LogP contribution in [0.4, 0.5) is 5.69 Å². The van der Waals surface area contributed by atoms with E-state index in [1.807, 2.05) is 29.2 Å². The lowest BCUT2D eigenvalue weighted by Crippen LogP contribution is -2.37. The standard InChI is InChI=1S/C20H22ClNOS3/c1-4-5-10-25-18-17-15(11-20(2,3)12-16(17)23)22(19(24)26-18)14-8-6-13(21)7-9-14/h6-9,11H,4-5,10,12H2,1-3H3. The summed E-state index contributed by atoms with van der Waals surface area (Å²) in [5.41, 5.74) is 2.52. The minimum Gasteiger partial charge on any atom is -0.295 e. The fourth-order valence-corrected chi connectivity index (χ4v) is 6.27. The van der Waals surface area contributed by atoms with Crippen LogP contribution in [-0.4, -0.2) is 15.9 Å². The van der Waals surface area contributed by atoms with Crippen molar-refractivity contribution in [1.82, 2.24) is 0 Å². The highest BCUT2D eigenvalue weighted by molar-refractivity contribution is 8.34. The highest BCUT2D eigenvalue weighted by atomic mass is 35.5. The second kappa shape index (κ2) is 8.09. The van der Waals surface area contributed by atoms with Gasteiger partial charge in [0.2, 0.25) is 0 Å². The van der Waals surface area contributed by atoms with Gasteiger partial charge < -0.3 is 0 Å². The van der Waals surface area contributed by atoms with Crippen LogP contribution in [0.25, 0.3) is 0 Å². The minimum atomic E-state index is -0.183. The number of hydrogen-bond acceptors (Lipinski definition) is 4. The van der Waals surface area contributed by atoms with Crippen LogP contribution in [0.1, 0.15) is 40.0 Å². The zero-order valence-electron chi connectivity index (χ0n) is 15.2. The average Bonchev–Trinajstić information content (AvgIpc) is 2.55. The first kappa shape index (κ1) is 20.0. The van der Waals surface area contributed by atoms with Gasteiger partial charge in [-0.05, 0) is 41.9 Å². The minimum absolute atomic E-state index is 0.183. The van der Waals surface area contributed by atoms with Crippen LogP contribution >= 0.6 is 47.3 Å². The molecule has 0 N–H and O–H groups in total. The zero-order chi connectivity index (χ0) is 18.9. The van der Waals surface area contributed by atoms with Crippen molar-refractivity contribution in [1.29, 1.82) is 0 Å². The molecule has 1 aromatic rings. The predicted molar refractivity (Wildman–Crippen MR) is 120 cm³/mol. The van der Waals surface area contributed by atoms with Gasteiger partial charge in [0.15, 0.2) is 10.1 Å². The van der Waals surface area contributed by atoms with E-state index in [0.717, 1.165) is 44.1 Å². The molecule has 1 aliphatic carbocycles. The number of anilines is 1. The molecule has 0 aromatic heterocycles. The predicted octanol–water partition coefficient (Wildman–Crippen LogP) is 6.81. The van der Waals surface area contributed by atoms with Gasteiger partial charge in [0, 0.05) is 17.1 Å². The maximum absolute atomic E-state index is 13.0. The average molecular weight is 424 g/mol. The molecule has 1 aliphatic heterocycles. The van der Waals surface area contributed by atoms with Crippen molar-refractivity contribution in [2.45, 2.75) is 40.0 Å². The molecule has 6 heteroatoms. The summed E-state index contributed by atoms with van der Waals surface area (Å²) in [4.78, 5) is 15.0. The van der Waals surface area contributed by atoms with Gasteiger partial charge in [0.05, 0.1) is 15.5 Å². The monoisotopic (exact) mass is 423 g/mol. The lowest BCUT2D eigenvalue weighted by Gasteiger charge is -2.39. The fraction of sp³-hybridized carbons (Fsp3) is 0.400. The SMILES string of the molecule is CCCCSC1=C2C(=O)CC(C)(C)C=C2N(c2ccc(Cl)cc2)C(=S)S1. The third-order valence-corrected chi connectivity index (χ3v) is 7.30. The van der Waals surface area contributed by atoms with E-state index in [2.05, 4.69) is 26.8 Å². The largest absolute Gasteiger partial charge is 0.295 e. The Morgan fingerprint density at radius 2 is 2.00 bits per heavy atom. The number of rotatable bonds is 5. The number of thiocarbonyl (C=S) groups is 1. The molecule has 0 saturated heterocycles. The molecular formula is C20H22ClNOS3. The lowest BCUT2D eigenvalue weighted by molar-refractivity contribution is -0.117. The number of Topliss-reactive ketones (excluding diaryl/α,β-unsaturated/α-hetero) is 1. The molecule has 0 saturated carbocycles. The van der Waals surface area contributed by atoms with Crippen LogP contribution in [-0.2, 0) is 4.79 Å². The van der Waals surface area contributed by atoms with Crippen LogP contribution < -0.4 is 4.90 Å². The quantitative estimate of drug-likeness (QED) is 0.382. The Balaban J connectivity index is 2.09. The second-order valence-electron chi connectivity index (χ2n) is 7.16. The summed E-state index contributed by atoms with van der Waals surface area (Å²) in [5.74, 6) is 1.22. The number of carbonyl (C=O) groups is 1. The number of carbonyl (C=O) groups excluding carboxylic acids is 1. The zero-order valence-corrected chi connectivity index (χ0v) is 18.4. The first-order chi connectivity index (χ1) is 12.3. The Hall–Kier alpha value is -0.750. The molecule has 1 aromatic carbocycles. The Morgan fingerprint density at radius 1 is 1.31 bits per heavy atom. The van der Waals surface area contributed by atoms with Gasteiger partial charge in [-0.2, -0.15) is 0 Å². The highest BCUT2D eigenvalue weighted by Crippen LogP contribution is 2.49. The number of unbranched alkanes of at least 4 members (excludes halogenated alkanes) is 1. The molecule has 0 bridgehead atoms. The Bertz CT molecular complexity index is 796. The fourth-order valence-electron chi connectivity index (χ4n) is 3.05. The highest BCUT2D eigenvalue weighted by Gasteiger charge is 2.39. The summed E-state index contributed by atoms with van der Waals surface area (Å²) in [6.45, 7) is 6.38. The molecule has 3 rings (SSSR count). The van der Waals surface area contributed by atoms with E-state index < -0.39 is 0 Å². The second-order valence-corrected chi connectivity index (χ2v) is 10.6. The molecular weight excluding hydrogens is 402 g/mol. The van der Waals surface area contributed by atoms with Crippen molar-refractivity contribution in [3.8, 4) is 0 Å². The van der Waals surface area contributed by atoms with Crippen LogP contribution in [0.15, 0.2) is 45.8 Å². The van der Waals surface area contributed by atoms with E-state index >= 15 is 0 Å². The Morgan fingerprint density at radius 3 is 2.65 bits per heavy atom. The molecule has 2 nitrogen and oxygen atoms in total. The normalized spacial score (nSPS) is 19.5. The summed E-state index contributed by atoms with van der Waals surface area (Å²) in [6.07, 6.45) is 5.01. The van der Waals surface area contributed by atoms with Crippen molar-refractivity contribution >= 4 is 63.1 Å². The molecule has 0 unspecified atom stereocenters. The van der Waals surface area contributed by atoms with Gasteiger partial charge in [-0.3, -0.25) is 9.69 Å². The first-order valence-electron chi connectivity index (χ1n) is 8.73. The number of hydrogen-bond donors (Lipinski definition) is 0. The van der Waals surface area contributed by atoms with Crippen molar-refractivity contribution in [2.75, 3.05) is 10.7 Å². The van der Waals surface area contributed by atoms with Crippen molar-refractivity contribution in [2.24, 2.45) is 5.41 Å². The van der Waals surface area contributed by atoms with Crippen molar-refractivity contribution in [3.63, 3.8) is 0 Å². The van der Waals surface area contributed by atoms with Crippen LogP contribution in [0, 0.1) is 5.41 Å². The molecule has 2 aliphatic rings. The van der Waals surface area contributed by atoms with Crippen molar-refractivity contribution in [3.05, 3.63) is 50.9 Å². The third-order valence-electron chi connectivity index (χ3n) is 4.30. The van der Waals surface area contributed by atoms with E-state index in [-0.39, 0.29) is 11.2 Å². The van der Waals surface area contributed by atoms with E-state index in [9.17, 15) is 4.79 Å². The number of thioether (sulfide) groups is 2. The molecule has 26 heavy (non-hydrogen) atoms. The molecule has 0 amide bonds. The summed E-state index contributed by atoms with van der Waals surface area (Å²) in [6, 6.07) is 7.62. The van der Waals surface area contributed by atoms with Gasteiger partial charge in [-0.25, -0.2) is 0 Å². The molecule has 0 atom stereocenters. The maximum atomic E-state index is 13.0. The summed E-state index contributed by atoms with van der Waals surface area (Å²) in [5, 5.41) is 0.685. The van der Waals surface area contributed by atoms with Gasteiger partial charge >= 0.3 is 0 Å². The number of halogens is 1. The molecule has 0 spiro atoms. The smallest absolute Gasteiger partial charge is 0.167 e. The maximum Gasteiger partial charge on any atom is 0.167 e. The number of ketones is 1. The summed E-state index contributed by atoms with van der Waals surface area (Å²) in [7, 11) is 0. The van der Waals surface area contributed by atoms with Crippen LogP contribution in [0.3, 0.4) is 0 Å². The number of allylic oxidation sites excluding steroid dienone is 2. The number of fused-ring (bicyclic) bond motifs is 1. The van der Waals surface area contributed by atoms with E-state index in [1.165, 1.54) is 11.8 Å². The Labute approximate surface area is 174 Å². The molecule has 0 radical (unpaired) electrons. The van der Waals surface area contributed by atoms with Gasteiger partial charge in [0.1, 0.15) is 0 Å². The summed E-state index contributed by atoms with van der Waals surface area (Å²) < 4.78 is 1.81. The topological polar surface area (TPSA) is 20.3 Å². The number of nitrogens with zero attached hydrogens (tertiary/aromatic N) is 1. The van der Waals surface area contributed by atoms with Crippen molar-refractivity contribution < 1.29 is 4.79 Å². The molecule has 138 valence electrons. The van der Waals surface area contributed by atoms with E-state index in [0.29, 0.717) is 11.4 Å².